The predicted molar refractivity (Wildman–Crippen MR) is 80.9 cm³/mol. The number of nitrogens with zero attached hydrogens (tertiary/aromatic N) is 1. The Labute approximate surface area is 127 Å². The van der Waals surface area contributed by atoms with Gasteiger partial charge in [-0.15, -0.1) is 0 Å². The van der Waals surface area contributed by atoms with Gasteiger partial charge in [-0.1, -0.05) is 22.8 Å². The molecule has 0 spiro atoms. The van der Waals surface area contributed by atoms with Crippen LogP contribution in [0.3, 0.4) is 0 Å². The molecule has 110 valence electrons. The van der Waals surface area contributed by atoms with Crippen LogP contribution in [0.15, 0.2) is 41.6 Å². The summed E-state index contributed by atoms with van der Waals surface area (Å²) in [6.45, 7) is 3.63. The zero-order valence-corrected chi connectivity index (χ0v) is 12.5. The molecule has 0 bridgehead atoms. The van der Waals surface area contributed by atoms with Crippen molar-refractivity contribution in [3.05, 3.63) is 63.9 Å². The fourth-order valence-corrected chi connectivity index (χ4v) is 2.11. The molecule has 0 heterocycles. The molecule has 2 aromatic carbocycles. The summed E-state index contributed by atoms with van der Waals surface area (Å²) in [5.41, 5.74) is 2.45. The molecular formula is C16H15ClFNO2. The summed E-state index contributed by atoms with van der Waals surface area (Å²) in [5.74, 6) is 0.158. The molecule has 2 rings (SSSR count). The maximum atomic E-state index is 13.7. The predicted octanol–water partition coefficient (Wildman–Crippen LogP) is 4.56. The molecular weight excluding hydrogens is 293 g/mol. The Morgan fingerprint density at radius 3 is 2.76 bits per heavy atom. The van der Waals surface area contributed by atoms with Gasteiger partial charge in [-0.25, -0.2) is 4.39 Å². The van der Waals surface area contributed by atoms with Gasteiger partial charge in [-0.05, 0) is 49.7 Å². The van der Waals surface area contributed by atoms with Crippen LogP contribution in [-0.4, -0.2) is 10.9 Å². The van der Waals surface area contributed by atoms with Crippen LogP contribution in [0.2, 0.25) is 5.02 Å². The van der Waals surface area contributed by atoms with Crippen molar-refractivity contribution in [3.63, 3.8) is 0 Å². The summed E-state index contributed by atoms with van der Waals surface area (Å²) < 4.78 is 19.3. The molecule has 0 unspecified atom stereocenters. The minimum absolute atomic E-state index is 0.0432. The monoisotopic (exact) mass is 307 g/mol. The lowest BCUT2D eigenvalue weighted by atomic mass is 10.1. The first-order valence-corrected chi connectivity index (χ1v) is 6.75. The van der Waals surface area contributed by atoms with Crippen molar-refractivity contribution in [2.75, 3.05) is 0 Å². The fourth-order valence-electron chi connectivity index (χ4n) is 1.91. The number of rotatable bonds is 4. The van der Waals surface area contributed by atoms with E-state index in [1.807, 2.05) is 19.1 Å². The molecule has 0 saturated carbocycles. The van der Waals surface area contributed by atoms with Crippen molar-refractivity contribution < 1.29 is 14.3 Å². The molecule has 0 saturated heterocycles. The van der Waals surface area contributed by atoms with Gasteiger partial charge in [0.25, 0.3) is 0 Å². The molecule has 0 fully saturated rings. The van der Waals surface area contributed by atoms with Gasteiger partial charge in [0.1, 0.15) is 18.2 Å². The third-order valence-corrected chi connectivity index (χ3v) is 3.30. The number of halogens is 2. The zero-order valence-electron chi connectivity index (χ0n) is 11.7. The number of benzene rings is 2. The smallest absolute Gasteiger partial charge is 0.129 e. The van der Waals surface area contributed by atoms with E-state index < -0.39 is 0 Å². The highest BCUT2D eigenvalue weighted by molar-refractivity contribution is 6.30. The molecule has 0 radical (unpaired) electrons. The molecule has 0 amide bonds. The molecule has 21 heavy (non-hydrogen) atoms. The van der Waals surface area contributed by atoms with Gasteiger partial charge in [0, 0.05) is 16.1 Å². The van der Waals surface area contributed by atoms with Crippen LogP contribution in [0.25, 0.3) is 0 Å². The Morgan fingerprint density at radius 2 is 2.05 bits per heavy atom. The highest BCUT2D eigenvalue weighted by atomic mass is 35.5. The Hall–Kier alpha value is -2.07. The van der Waals surface area contributed by atoms with Gasteiger partial charge in [0.05, 0.1) is 5.71 Å². The number of ether oxygens (including phenoxy) is 1. The van der Waals surface area contributed by atoms with E-state index in [1.165, 1.54) is 18.2 Å². The van der Waals surface area contributed by atoms with Gasteiger partial charge < -0.3 is 9.94 Å². The molecule has 0 aliphatic heterocycles. The molecule has 3 nitrogen and oxygen atoms in total. The van der Waals surface area contributed by atoms with Gasteiger partial charge >= 0.3 is 0 Å². The minimum atomic E-state index is -0.374. The Kier molecular flexibility index (Phi) is 4.81. The van der Waals surface area contributed by atoms with E-state index in [1.54, 1.807) is 13.0 Å². The fraction of sp³-hybridized carbons (Fsp3) is 0.188. The lowest BCUT2D eigenvalue weighted by Crippen LogP contribution is -2.04. The second kappa shape index (κ2) is 6.59. The summed E-state index contributed by atoms with van der Waals surface area (Å²) in [6, 6.07) is 9.82. The number of hydrogen-bond acceptors (Lipinski definition) is 3. The summed E-state index contributed by atoms with van der Waals surface area (Å²) >= 11 is 5.85. The number of hydrogen-bond donors (Lipinski definition) is 1. The highest BCUT2D eigenvalue weighted by Crippen LogP contribution is 2.23. The van der Waals surface area contributed by atoms with E-state index in [0.29, 0.717) is 27.6 Å². The average Bonchev–Trinajstić information content (AvgIpc) is 2.47. The summed E-state index contributed by atoms with van der Waals surface area (Å²) in [7, 11) is 0. The Bertz CT molecular complexity index is 686. The maximum Gasteiger partial charge on any atom is 0.129 e. The highest BCUT2D eigenvalue weighted by Gasteiger charge is 2.10. The van der Waals surface area contributed by atoms with Crippen molar-refractivity contribution in [1.29, 1.82) is 0 Å². The minimum Gasteiger partial charge on any atom is -0.488 e. The zero-order chi connectivity index (χ0) is 15.4. The first-order valence-electron chi connectivity index (χ1n) is 6.37. The van der Waals surface area contributed by atoms with E-state index in [4.69, 9.17) is 21.5 Å². The van der Waals surface area contributed by atoms with Crippen molar-refractivity contribution in [2.24, 2.45) is 5.16 Å². The normalized spacial score (nSPS) is 11.5. The third kappa shape index (κ3) is 3.73. The van der Waals surface area contributed by atoms with Crippen LogP contribution < -0.4 is 4.74 Å². The van der Waals surface area contributed by atoms with Crippen LogP contribution in [0, 0.1) is 12.7 Å². The molecule has 2 aromatic rings. The van der Waals surface area contributed by atoms with Crippen LogP contribution in [0.1, 0.15) is 23.6 Å². The summed E-state index contributed by atoms with van der Waals surface area (Å²) in [5, 5.41) is 12.5. The Balaban J connectivity index is 2.27. The molecule has 0 aromatic heterocycles. The largest absolute Gasteiger partial charge is 0.488 e. The van der Waals surface area contributed by atoms with E-state index in [9.17, 15) is 4.39 Å². The second-order valence-corrected chi connectivity index (χ2v) is 5.15. The molecule has 0 atom stereocenters. The van der Waals surface area contributed by atoms with Crippen LogP contribution in [0.4, 0.5) is 4.39 Å². The van der Waals surface area contributed by atoms with E-state index in [2.05, 4.69) is 5.16 Å². The standard InChI is InChI=1S/C16H15ClFNO2/c1-10-3-5-14(11(2)19-20)16(7-10)21-9-12-8-13(17)4-6-15(12)18/h3-8,20H,9H2,1-2H3/b19-11-. The van der Waals surface area contributed by atoms with Crippen molar-refractivity contribution in [2.45, 2.75) is 20.5 Å². The van der Waals surface area contributed by atoms with E-state index in [-0.39, 0.29) is 12.4 Å². The number of oxime groups is 1. The molecule has 0 aliphatic carbocycles. The topological polar surface area (TPSA) is 41.8 Å². The van der Waals surface area contributed by atoms with E-state index >= 15 is 0 Å². The first-order chi connectivity index (χ1) is 10.0. The van der Waals surface area contributed by atoms with Crippen LogP contribution >= 0.6 is 11.6 Å². The van der Waals surface area contributed by atoms with Crippen molar-refractivity contribution in [1.82, 2.24) is 0 Å². The molecule has 1 N–H and O–H groups in total. The lowest BCUT2D eigenvalue weighted by molar-refractivity contribution is 0.297. The van der Waals surface area contributed by atoms with Gasteiger partial charge in [-0.2, -0.15) is 0 Å². The summed E-state index contributed by atoms with van der Waals surface area (Å²) in [6.07, 6.45) is 0. The lowest BCUT2D eigenvalue weighted by Gasteiger charge is -2.12. The van der Waals surface area contributed by atoms with Gasteiger partial charge in [0.2, 0.25) is 0 Å². The van der Waals surface area contributed by atoms with Crippen LogP contribution in [-0.2, 0) is 6.61 Å². The van der Waals surface area contributed by atoms with Gasteiger partial charge in [0.15, 0.2) is 0 Å². The Morgan fingerprint density at radius 1 is 1.29 bits per heavy atom. The number of aryl methyl sites for hydroxylation is 1. The molecule has 0 aliphatic rings. The van der Waals surface area contributed by atoms with E-state index in [0.717, 1.165) is 5.56 Å². The maximum absolute atomic E-state index is 13.7. The third-order valence-electron chi connectivity index (χ3n) is 3.07. The van der Waals surface area contributed by atoms with Gasteiger partial charge in [-0.3, -0.25) is 0 Å². The summed E-state index contributed by atoms with van der Waals surface area (Å²) in [4.78, 5) is 0. The second-order valence-electron chi connectivity index (χ2n) is 4.71. The molecule has 5 heteroatoms. The first kappa shape index (κ1) is 15.3. The SMILES string of the molecule is C/C(=N/O)c1ccc(C)cc1OCc1cc(Cl)ccc1F. The quantitative estimate of drug-likeness (QED) is 0.511. The van der Waals surface area contributed by atoms with Crippen molar-refractivity contribution in [3.8, 4) is 5.75 Å². The average molecular weight is 308 g/mol. The van der Waals surface area contributed by atoms with Crippen LogP contribution in [0.5, 0.6) is 5.75 Å². The van der Waals surface area contributed by atoms with Crippen molar-refractivity contribution >= 4 is 17.3 Å².